The zero-order valence-corrected chi connectivity index (χ0v) is 17.4. The second-order valence-corrected chi connectivity index (χ2v) is 8.13. The Labute approximate surface area is 180 Å². The Balaban J connectivity index is 1.83. The van der Waals surface area contributed by atoms with Crippen molar-refractivity contribution < 1.29 is 37.1 Å². The number of furan rings is 1. The van der Waals surface area contributed by atoms with Gasteiger partial charge in [0.25, 0.3) is 11.1 Å². The van der Waals surface area contributed by atoms with Crippen molar-refractivity contribution in [2.24, 2.45) is 0 Å². The first-order valence-corrected chi connectivity index (χ1v) is 10.1. The monoisotopic (exact) mass is 503 g/mol. The number of carbonyl (C=O) groups excluding carboxylic acids is 2. The maximum Gasteiger partial charge on any atom is 0.417 e. The molecule has 2 amide bonds. The summed E-state index contributed by atoms with van der Waals surface area (Å²) < 4.78 is 45.7. The predicted octanol–water partition coefficient (Wildman–Crippen LogP) is 5.63. The lowest BCUT2D eigenvalue weighted by atomic mass is 10.1. The largest absolute Gasteiger partial charge is 0.481 e. The highest BCUT2D eigenvalue weighted by atomic mass is 79.9. The zero-order chi connectivity index (χ0) is 22.1. The van der Waals surface area contributed by atoms with Crippen molar-refractivity contribution in [1.82, 2.24) is 4.90 Å². The van der Waals surface area contributed by atoms with Gasteiger partial charge in [-0.1, -0.05) is 15.9 Å². The van der Waals surface area contributed by atoms with Gasteiger partial charge in [0.15, 0.2) is 0 Å². The van der Waals surface area contributed by atoms with Gasteiger partial charge in [-0.3, -0.25) is 19.3 Å². The summed E-state index contributed by atoms with van der Waals surface area (Å²) in [5.74, 6) is -1.57. The Hall–Kier alpha value is -2.53. The highest BCUT2D eigenvalue weighted by molar-refractivity contribution is 9.10. The highest BCUT2D eigenvalue weighted by Gasteiger charge is 2.36. The molecule has 3 rings (SSSR count). The lowest BCUT2D eigenvalue weighted by Crippen LogP contribution is -2.29. The van der Waals surface area contributed by atoms with Crippen LogP contribution < -0.4 is 0 Å². The summed E-state index contributed by atoms with van der Waals surface area (Å²) in [6, 6.07) is 6.42. The molecule has 1 N–H and O–H groups in total. The molecular weight excluding hydrogens is 491 g/mol. The summed E-state index contributed by atoms with van der Waals surface area (Å²) in [4.78, 5) is 35.9. The van der Waals surface area contributed by atoms with Gasteiger partial charge in [0.05, 0.1) is 10.5 Å². The first-order chi connectivity index (χ1) is 14.1. The summed E-state index contributed by atoms with van der Waals surface area (Å²) in [6.07, 6.45) is -3.38. The van der Waals surface area contributed by atoms with E-state index in [1.165, 1.54) is 30.3 Å². The summed E-state index contributed by atoms with van der Waals surface area (Å²) in [6.45, 7) is -0.0362. The molecule has 1 saturated heterocycles. The van der Waals surface area contributed by atoms with Gasteiger partial charge >= 0.3 is 12.1 Å². The molecule has 0 spiro atoms. The standard InChI is InChI=1S/C19H13BrF3NO5S/c20-10-3-5-12(13(8-10)19(21,22)23)14-6-4-11(29-14)9-15-17(27)24(18(28)30-15)7-1-2-16(25)26/h3-6,8-9H,1-2,7H2,(H,25,26). The number of benzene rings is 1. The fourth-order valence-electron chi connectivity index (χ4n) is 2.75. The minimum atomic E-state index is -4.59. The van der Waals surface area contributed by atoms with E-state index in [1.807, 2.05) is 0 Å². The number of nitrogens with zero attached hydrogens (tertiary/aromatic N) is 1. The number of thioether (sulfide) groups is 1. The minimum absolute atomic E-state index is 0.0362. The molecular formula is C19H13BrF3NO5S. The number of hydrogen-bond donors (Lipinski definition) is 1. The Morgan fingerprint density at radius 2 is 1.97 bits per heavy atom. The van der Waals surface area contributed by atoms with Crippen LogP contribution in [0.25, 0.3) is 17.4 Å². The number of hydrogen-bond acceptors (Lipinski definition) is 5. The lowest BCUT2D eigenvalue weighted by molar-refractivity contribution is -0.138. The number of aliphatic carboxylic acids is 1. The molecule has 6 nitrogen and oxygen atoms in total. The predicted molar refractivity (Wildman–Crippen MR) is 106 cm³/mol. The van der Waals surface area contributed by atoms with Crippen molar-refractivity contribution >= 4 is 50.9 Å². The van der Waals surface area contributed by atoms with E-state index >= 15 is 0 Å². The first-order valence-electron chi connectivity index (χ1n) is 8.50. The van der Waals surface area contributed by atoms with Gasteiger partial charge in [0.1, 0.15) is 11.5 Å². The second-order valence-electron chi connectivity index (χ2n) is 6.22. The quantitative estimate of drug-likeness (QED) is 0.514. The van der Waals surface area contributed by atoms with Crippen LogP contribution in [0.4, 0.5) is 18.0 Å². The van der Waals surface area contributed by atoms with Crippen molar-refractivity contribution in [3.8, 4) is 11.3 Å². The fourth-order valence-corrected chi connectivity index (χ4v) is 3.96. The normalized spacial score (nSPS) is 16.0. The third kappa shape index (κ3) is 4.96. The number of carboxylic acids is 1. The molecule has 0 saturated carbocycles. The van der Waals surface area contributed by atoms with E-state index in [0.29, 0.717) is 11.8 Å². The van der Waals surface area contributed by atoms with Gasteiger partial charge in [0.2, 0.25) is 0 Å². The molecule has 0 atom stereocenters. The second kappa shape index (κ2) is 8.68. The zero-order valence-electron chi connectivity index (χ0n) is 15.0. The molecule has 2 aromatic rings. The lowest BCUT2D eigenvalue weighted by Gasteiger charge is -2.11. The molecule has 1 aliphatic heterocycles. The molecule has 0 unspecified atom stereocenters. The maximum atomic E-state index is 13.3. The van der Waals surface area contributed by atoms with Gasteiger partial charge in [-0.2, -0.15) is 13.2 Å². The number of carboxylic acid groups (broad SMARTS) is 1. The van der Waals surface area contributed by atoms with Crippen molar-refractivity contribution in [2.45, 2.75) is 19.0 Å². The molecule has 2 heterocycles. The molecule has 158 valence electrons. The van der Waals surface area contributed by atoms with Crippen LogP contribution in [0, 0.1) is 0 Å². The molecule has 1 aromatic carbocycles. The molecule has 1 aliphatic rings. The number of amides is 2. The summed E-state index contributed by atoms with van der Waals surface area (Å²) in [5, 5.41) is 8.11. The van der Waals surface area contributed by atoms with Crippen LogP contribution in [0.5, 0.6) is 0 Å². The first kappa shape index (κ1) is 22.2. The average Bonchev–Trinajstić information content (AvgIpc) is 3.21. The third-order valence-corrected chi connectivity index (χ3v) is 5.50. The van der Waals surface area contributed by atoms with Crippen molar-refractivity contribution in [1.29, 1.82) is 0 Å². The Bertz CT molecular complexity index is 1050. The number of halogens is 4. The molecule has 30 heavy (non-hydrogen) atoms. The van der Waals surface area contributed by atoms with Crippen LogP contribution in [0.3, 0.4) is 0 Å². The highest BCUT2D eigenvalue weighted by Crippen LogP contribution is 2.40. The number of alkyl halides is 3. The summed E-state index contributed by atoms with van der Waals surface area (Å²) in [7, 11) is 0. The van der Waals surface area contributed by atoms with Gasteiger partial charge in [-0.05, 0) is 48.5 Å². The molecule has 11 heteroatoms. The van der Waals surface area contributed by atoms with Crippen LogP contribution in [0.15, 0.2) is 44.1 Å². The van der Waals surface area contributed by atoms with E-state index in [-0.39, 0.29) is 45.8 Å². The maximum absolute atomic E-state index is 13.3. The van der Waals surface area contributed by atoms with E-state index in [4.69, 9.17) is 9.52 Å². The van der Waals surface area contributed by atoms with Crippen molar-refractivity contribution in [2.75, 3.05) is 6.54 Å². The molecule has 0 radical (unpaired) electrons. The van der Waals surface area contributed by atoms with E-state index in [1.54, 1.807) is 0 Å². The average molecular weight is 504 g/mol. The van der Waals surface area contributed by atoms with E-state index in [2.05, 4.69) is 15.9 Å². The molecule has 1 aromatic heterocycles. The smallest absolute Gasteiger partial charge is 0.417 e. The number of rotatable bonds is 6. The molecule has 0 aliphatic carbocycles. The van der Waals surface area contributed by atoms with Crippen LogP contribution in [0.2, 0.25) is 0 Å². The van der Waals surface area contributed by atoms with E-state index in [9.17, 15) is 27.6 Å². The number of carbonyl (C=O) groups is 3. The van der Waals surface area contributed by atoms with Crippen LogP contribution in [-0.4, -0.2) is 33.7 Å². The number of imide groups is 1. The van der Waals surface area contributed by atoms with E-state index in [0.717, 1.165) is 11.0 Å². The van der Waals surface area contributed by atoms with Gasteiger partial charge in [-0.15, -0.1) is 0 Å². The van der Waals surface area contributed by atoms with Gasteiger partial charge < -0.3 is 9.52 Å². The van der Waals surface area contributed by atoms with Gasteiger partial charge in [0, 0.05) is 29.1 Å². The molecule has 0 bridgehead atoms. The molecule has 1 fully saturated rings. The fraction of sp³-hybridized carbons (Fsp3) is 0.211. The van der Waals surface area contributed by atoms with Crippen molar-refractivity contribution in [3.05, 3.63) is 51.0 Å². The van der Waals surface area contributed by atoms with Crippen LogP contribution >= 0.6 is 27.7 Å². The third-order valence-electron chi connectivity index (χ3n) is 4.10. The topological polar surface area (TPSA) is 87.8 Å². The van der Waals surface area contributed by atoms with E-state index < -0.39 is 28.9 Å². The minimum Gasteiger partial charge on any atom is -0.481 e. The van der Waals surface area contributed by atoms with Crippen LogP contribution in [0.1, 0.15) is 24.2 Å². The van der Waals surface area contributed by atoms with Crippen LogP contribution in [-0.2, 0) is 15.8 Å². The SMILES string of the molecule is O=C(O)CCCN1C(=O)SC(=Cc2ccc(-c3ccc(Br)cc3C(F)(F)F)o2)C1=O. The van der Waals surface area contributed by atoms with Crippen molar-refractivity contribution in [3.63, 3.8) is 0 Å². The Morgan fingerprint density at radius 1 is 1.23 bits per heavy atom. The van der Waals surface area contributed by atoms with Gasteiger partial charge in [-0.25, -0.2) is 0 Å². The Morgan fingerprint density at radius 3 is 2.63 bits per heavy atom. The Kier molecular flexibility index (Phi) is 6.41. The summed E-state index contributed by atoms with van der Waals surface area (Å²) >= 11 is 3.67. The summed E-state index contributed by atoms with van der Waals surface area (Å²) in [5.41, 5.74) is -1.04.